The van der Waals surface area contributed by atoms with Gasteiger partial charge in [0.25, 0.3) is 0 Å². The van der Waals surface area contributed by atoms with Crippen molar-refractivity contribution in [3.63, 3.8) is 0 Å². The average molecular weight is 285 g/mol. The quantitative estimate of drug-likeness (QED) is 0.815. The van der Waals surface area contributed by atoms with E-state index in [-0.39, 0.29) is 0 Å². The number of likely N-dealkylation sites (tertiary alicyclic amines) is 1. The molecule has 4 heterocycles. The standard InChI is InChI=1S/C14H19N7/c1-19-7-2-4-11(19)13-18-17-12-10-20(8-9-21(12)13)14-15-5-3-6-16-14/h3,5-6,11H,2,4,7-10H2,1H3/t11-/m0/s1. The number of fused-ring (bicyclic) bond motifs is 1. The first-order valence-corrected chi connectivity index (χ1v) is 7.47. The van der Waals surface area contributed by atoms with Gasteiger partial charge in [0.05, 0.1) is 12.6 Å². The van der Waals surface area contributed by atoms with Gasteiger partial charge in [0.15, 0.2) is 11.6 Å². The molecule has 0 bridgehead atoms. The van der Waals surface area contributed by atoms with E-state index in [4.69, 9.17) is 0 Å². The first kappa shape index (κ1) is 12.7. The highest BCUT2D eigenvalue weighted by molar-refractivity contribution is 5.30. The minimum Gasteiger partial charge on any atom is -0.331 e. The first-order chi connectivity index (χ1) is 10.3. The van der Waals surface area contributed by atoms with Crippen molar-refractivity contribution in [3.05, 3.63) is 30.1 Å². The topological polar surface area (TPSA) is 63.0 Å². The van der Waals surface area contributed by atoms with Crippen molar-refractivity contribution in [1.82, 2.24) is 29.6 Å². The van der Waals surface area contributed by atoms with Crippen LogP contribution in [0.2, 0.25) is 0 Å². The molecule has 0 spiro atoms. The van der Waals surface area contributed by atoms with Gasteiger partial charge < -0.3 is 9.47 Å². The Hall–Kier alpha value is -2.02. The van der Waals surface area contributed by atoms with Crippen LogP contribution >= 0.6 is 0 Å². The van der Waals surface area contributed by atoms with Gasteiger partial charge in [0.2, 0.25) is 5.95 Å². The van der Waals surface area contributed by atoms with Crippen LogP contribution in [0.5, 0.6) is 0 Å². The van der Waals surface area contributed by atoms with Crippen molar-refractivity contribution >= 4 is 5.95 Å². The number of anilines is 1. The molecule has 7 heteroatoms. The summed E-state index contributed by atoms with van der Waals surface area (Å²) in [5.74, 6) is 2.91. The van der Waals surface area contributed by atoms with Gasteiger partial charge in [-0.3, -0.25) is 4.90 Å². The van der Waals surface area contributed by atoms with Crippen LogP contribution < -0.4 is 4.90 Å². The summed E-state index contributed by atoms with van der Waals surface area (Å²) < 4.78 is 2.28. The maximum atomic E-state index is 4.46. The zero-order chi connectivity index (χ0) is 14.2. The van der Waals surface area contributed by atoms with Crippen LogP contribution in [-0.2, 0) is 13.1 Å². The molecular weight excluding hydrogens is 266 g/mol. The van der Waals surface area contributed by atoms with Gasteiger partial charge in [0, 0.05) is 25.5 Å². The second-order valence-electron chi connectivity index (χ2n) is 5.74. The van der Waals surface area contributed by atoms with Gasteiger partial charge in [-0.25, -0.2) is 9.97 Å². The van der Waals surface area contributed by atoms with Gasteiger partial charge in [-0.05, 0) is 32.5 Å². The van der Waals surface area contributed by atoms with Crippen molar-refractivity contribution in [2.24, 2.45) is 0 Å². The van der Waals surface area contributed by atoms with Gasteiger partial charge in [-0.2, -0.15) is 0 Å². The minimum atomic E-state index is 0.422. The molecule has 7 nitrogen and oxygen atoms in total. The SMILES string of the molecule is CN1CCC[C@H]1c1nnc2n1CCN(c1ncccn1)C2. The van der Waals surface area contributed by atoms with E-state index in [1.165, 1.54) is 12.8 Å². The summed E-state index contributed by atoms with van der Waals surface area (Å²) in [6.07, 6.45) is 5.98. The van der Waals surface area contributed by atoms with Crippen molar-refractivity contribution in [1.29, 1.82) is 0 Å². The molecule has 2 aromatic heterocycles. The number of hydrogen-bond donors (Lipinski definition) is 0. The molecule has 2 aliphatic rings. The van der Waals surface area contributed by atoms with Crippen LogP contribution in [0.1, 0.15) is 30.5 Å². The van der Waals surface area contributed by atoms with E-state index >= 15 is 0 Å². The Balaban J connectivity index is 1.59. The molecule has 1 saturated heterocycles. The molecule has 0 amide bonds. The summed E-state index contributed by atoms with van der Waals surface area (Å²) in [4.78, 5) is 13.2. The highest BCUT2D eigenvalue weighted by Crippen LogP contribution is 2.30. The molecule has 0 aliphatic carbocycles. The van der Waals surface area contributed by atoms with Crippen LogP contribution in [0.4, 0.5) is 5.95 Å². The molecule has 0 unspecified atom stereocenters. The Morgan fingerprint density at radius 3 is 2.71 bits per heavy atom. The number of hydrogen-bond acceptors (Lipinski definition) is 6. The molecule has 0 radical (unpaired) electrons. The van der Waals surface area contributed by atoms with E-state index in [1.54, 1.807) is 12.4 Å². The molecule has 110 valence electrons. The van der Waals surface area contributed by atoms with E-state index < -0.39 is 0 Å². The Labute approximate surface area is 123 Å². The van der Waals surface area contributed by atoms with Crippen LogP contribution in [0.25, 0.3) is 0 Å². The Bertz CT molecular complexity index is 624. The number of aromatic nitrogens is 5. The Morgan fingerprint density at radius 1 is 1.10 bits per heavy atom. The summed E-state index contributed by atoms with van der Waals surface area (Å²) >= 11 is 0. The lowest BCUT2D eigenvalue weighted by Crippen LogP contribution is -2.36. The average Bonchev–Trinajstić information content (AvgIpc) is 3.13. The van der Waals surface area contributed by atoms with Gasteiger partial charge in [-0.1, -0.05) is 0 Å². The molecule has 0 aromatic carbocycles. The van der Waals surface area contributed by atoms with E-state index in [0.717, 1.165) is 43.8 Å². The monoisotopic (exact) mass is 285 g/mol. The normalized spacial score (nSPS) is 22.5. The van der Waals surface area contributed by atoms with Crippen molar-refractivity contribution in [2.45, 2.75) is 32.0 Å². The molecule has 2 aromatic rings. The van der Waals surface area contributed by atoms with E-state index in [2.05, 4.69) is 41.6 Å². The molecule has 0 N–H and O–H groups in total. The van der Waals surface area contributed by atoms with Gasteiger partial charge in [0.1, 0.15) is 0 Å². The molecule has 4 rings (SSSR count). The number of nitrogens with zero attached hydrogens (tertiary/aromatic N) is 7. The Morgan fingerprint density at radius 2 is 1.95 bits per heavy atom. The lowest BCUT2D eigenvalue weighted by Gasteiger charge is -2.29. The molecular formula is C14H19N7. The lowest BCUT2D eigenvalue weighted by atomic mass is 10.2. The maximum absolute atomic E-state index is 4.46. The van der Waals surface area contributed by atoms with Crippen molar-refractivity contribution < 1.29 is 0 Å². The summed E-state index contributed by atoms with van der Waals surface area (Å²) in [5, 5.41) is 8.86. The summed E-state index contributed by atoms with van der Waals surface area (Å²) in [7, 11) is 2.17. The lowest BCUT2D eigenvalue weighted by molar-refractivity contribution is 0.295. The minimum absolute atomic E-state index is 0.422. The van der Waals surface area contributed by atoms with Crippen molar-refractivity contribution in [2.75, 3.05) is 25.0 Å². The third-order valence-electron chi connectivity index (χ3n) is 4.44. The van der Waals surface area contributed by atoms with Crippen LogP contribution in [0.3, 0.4) is 0 Å². The second-order valence-corrected chi connectivity index (χ2v) is 5.74. The third kappa shape index (κ3) is 2.17. The molecule has 1 fully saturated rings. The molecule has 1 atom stereocenters. The third-order valence-corrected chi connectivity index (χ3v) is 4.44. The first-order valence-electron chi connectivity index (χ1n) is 7.47. The summed E-state index contributed by atoms with van der Waals surface area (Å²) in [5.41, 5.74) is 0. The fourth-order valence-corrected chi connectivity index (χ4v) is 3.29. The highest BCUT2D eigenvalue weighted by Gasteiger charge is 2.30. The second kappa shape index (κ2) is 5.07. The Kier molecular flexibility index (Phi) is 3.07. The van der Waals surface area contributed by atoms with E-state index in [9.17, 15) is 0 Å². The summed E-state index contributed by atoms with van der Waals surface area (Å²) in [6, 6.07) is 2.26. The van der Waals surface area contributed by atoms with Gasteiger partial charge >= 0.3 is 0 Å². The fraction of sp³-hybridized carbons (Fsp3) is 0.571. The smallest absolute Gasteiger partial charge is 0.225 e. The highest BCUT2D eigenvalue weighted by atomic mass is 15.4. The van der Waals surface area contributed by atoms with Crippen LogP contribution in [0.15, 0.2) is 18.5 Å². The molecule has 0 saturated carbocycles. The van der Waals surface area contributed by atoms with Crippen LogP contribution in [0, 0.1) is 0 Å². The molecule has 2 aliphatic heterocycles. The van der Waals surface area contributed by atoms with Crippen molar-refractivity contribution in [3.8, 4) is 0 Å². The largest absolute Gasteiger partial charge is 0.331 e. The summed E-state index contributed by atoms with van der Waals surface area (Å²) in [6.45, 7) is 3.68. The van der Waals surface area contributed by atoms with E-state index in [1.807, 2.05) is 6.07 Å². The fourth-order valence-electron chi connectivity index (χ4n) is 3.29. The zero-order valence-electron chi connectivity index (χ0n) is 12.2. The van der Waals surface area contributed by atoms with Gasteiger partial charge in [-0.15, -0.1) is 10.2 Å². The predicted octanol–water partition coefficient (Wildman–Crippen LogP) is 0.855. The van der Waals surface area contributed by atoms with Crippen LogP contribution in [-0.4, -0.2) is 49.8 Å². The zero-order valence-corrected chi connectivity index (χ0v) is 12.2. The molecule has 21 heavy (non-hydrogen) atoms. The maximum Gasteiger partial charge on any atom is 0.225 e. The predicted molar refractivity (Wildman–Crippen MR) is 77.7 cm³/mol. The van der Waals surface area contributed by atoms with E-state index in [0.29, 0.717) is 6.04 Å². The number of rotatable bonds is 2.